The monoisotopic (exact) mass is 274 g/mol. The van der Waals surface area contributed by atoms with E-state index in [4.69, 9.17) is 11.6 Å². The lowest BCUT2D eigenvalue weighted by Crippen LogP contribution is -2.04. The van der Waals surface area contributed by atoms with Crippen LogP contribution in [0.3, 0.4) is 0 Å². The van der Waals surface area contributed by atoms with Gasteiger partial charge in [0.15, 0.2) is 0 Å². The Kier molecular flexibility index (Phi) is 2.64. The van der Waals surface area contributed by atoms with E-state index in [-0.39, 0.29) is 16.7 Å². The van der Waals surface area contributed by atoms with Crippen molar-refractivity contribution < 1.29 is 4.92 Å². The van der Waals surface area contributed by atoms with Crippen LogP contribution in [0, 0.1) is 10.1 Å². The maximum atomic E-state index is 11.0. The van der Waals surface area contributed by atoms with Gasteiger partial charge in [0.05, 0.1) is 16.6 Å². The molecule has 3 rings (SSSR count). The van der Waals surface area contributed by atoms with Gasteiger partial charge in [0.1, 0.15) is 5.15 Å². The van der Waals surface area contributed by atoms with Crippen LogP contribution in [0.5, 0.6) is 0 Å². The molecule has 7 heteroatoms. The number of aromatic nitrogens is 3. The zero-order valence-corrected chi connectivity index (χ0v) is 10.3. The minimum Gasteiger partial charge on any atom is -0.258 e. The second-order valence-electron chi connectivity index (χ2n) is 3.85. The van der Waals surface area contributed by atoms with Gasteiger partial charge in [-0.3, -0.25) is 10.1 Å². The van der Waals surface area contributed by atoms with E-state index in [9.17, 15) is 10.1 Å². The van der Waals surface area contributed by atoms with Crippen LogP contribution in [0.2, 0.25) is 5.15 Å². The van der Waals surface area contributed by atoms with Crippen LogP contribution in [0.25, 0.3) is 16.7 Å². The van der Waals surface area contributed by atoms with E-state index in [1.54, 1.807) is 6.20 Å². The molecule has 1 aromatic carbocycles. The van der Waals surface area contributed by atoms with Gasteiger partial charge in [-0.1, -0.05) is 29.8 Å². The van der Waals surface area contributed by atoms with Crippen LogP contribution in [-0.2, 0) is 0 Å². The third-order valence-electron chi connectivity index (χ3n) is 2.70. The Balaban J connectivity index is 2.32. The summed E-state index contributed by atoms with van der Waals surface area (Å²) >= 11 is 5.81. The minimum atomic E-state index is -0.505. The Morgan fingerprint density at radius 1 is 1.21 bits per heavy atom. The second-order valence-corrected chi connectivity index (χ2v) is 4.24. The summed E-state index contributed by atoms with van der Waals surface area (Å²) < 4.78 is 1.42. The van der Waals surface area contributed by atoms with Gasteiger partial charge in [-0.2, -0.15) is 5.10 Å². The summed E-state index contributed by atoms with van der Waals surface area (Å²) in [4.78, 5) is 14.6. The first-order valence-electron chi connectivity index (χ1n) is 5.41. The van der Waals surface area contributed by atoms with Crippen molar-refractivity contribution in [3.05, 3.63) is 57.9 Å². The number of rotatable bonds is 2. The van der Waals surface area contributed by atoms with Gasteiger partial charge in [0.2, 0.25) is 5.82 Å². The molecule has 94 valence electrons. The quantitative estimate of drug-likeness (QED) is 0.409. The van der Waals surface area contributed by atoms with Crippen molar-refractivity contribution in [3.63, 3.8) is 0 Å². The predicted molar refractivity (Wildman–Crippen MR) is 70.5 cm³/mol. The fourth-order valence-corrected chi connectivity index (χ4v) is 2.00. The van der Waals surface area contributed by atoms with E-state index in [0.29, 0.717) is 0 Å². The normalized spacial score (nSPS) is 10.8. The van der Waals surface area contributed by atoms with Crippen molar-refractivity contribution in [2.24, 2.45) is 0 Å². The molecule has 0 atom stereocenters. The fourth-order valence-electron chi connectivity index (χ4n) is 1.86. The van der Waals surface area contributed by atoms with Crippen molar-refractivity contribution in [3.8, 4) is 5.82 Å². The van der Waals surface area contributed by atoms with E-state index in [2.05, 4.69) is 10.1 Å². The molecule has 0 spiro atoms. The first-order valence-corrected chi connectivity index (χ1v) is 5.79. The standard InChI is InChI=1S/C12H7ClN4O2/c13-11-6-5-10(17(18)19)12(15-11)16-9-4-2-1-3-8(9)7-14-16/h1-7H. The maximum Gasteiger partial charge on any atom is 0.313 e. The Morgan fingerprint density at radius 2 is 2.00 bits per heavy atom. The molecule has 2 heterocycles. The predicted octanol–water partition coefficient (Wildman–Crippen LogP) is 2.98. The number of nitrogens with zero attached hydrogens (tertiary/aromatic N) is 4. The Hall–Kier alpha value is -2.47. The molecule has 0 fully saturated rings. The molecule has 2 aromatic heterocycles. The molecule has 19 heavy (non-hydrogen) atoms. The van der Waals surface area contributed by atoms with Crippen molar-refractivity contribution in [1.82, 2.24) is 14.8 Å². The molecule has 0 radical (unpaired) electrons. The minimum absolute atomic E-state index is 0.110. The van der Waals surface area contributed by atoms with E-state index < -0.39 is 4.92 Å². The van der Waals surface area contributed by atoms with Crippen molar-refractivity contribution >= 4 is 28.2 Å². The lowest BCUT2D eigenvalue weighted by Gasteiger charge is -2.03. The summed E-state index contributed by atoms with van der Waals surface area (Å²) in [6.45, 7) is 0. The first kappa shape index (κ1) is 11.6. The van der Waals surface area contributed by atoms with Gasteiger partial charge in [-0.15, -0.1) is 0 Å². The van der Waals surface area contributed by atoms with Crippen LogP contribution in [0.4, 0.5) is 5.69 Å². The zero-order chi connectivity index (χ0) is 13.4. The highest BCUT2D eigenvalue weighted by atomic mass is 35.5. The van der Waals surface area contributed by atoms with Gasteiger partial charge in [-0.25, -0.2) is 9.67 Å². The van der Waals surface area contributed by atoms with Crippen LogP contribution in [-0.4, -0.2) is 19.7 Å². The molecule has 0 bridgehead atoms. The summed E-state index contributed by atoms with van der Waals surface area (Å²) in [6, 6.07) is 10.1. The van der Waals surface area contributed by atoms with Gasteiger partial charge in [-0.05, 0) is 12.1 Å². The highest BCUT2D eigenvalue weighted by Crippen LogP contribution is 2.25. The van der Waals surface area contributed by atoms with Crippen molar-refractivity contribution in [2.45, 2.75) is 0 Å². The number of pyridine rings is 1. The third kappa shape index (κ3) is 1.92. The number of halogens is 1. The Labute approximate surface area is 112 Å². The highest BCUT2D eigenvalue weighted by molar-refractivity contribution is 6.29. The number of nitro groups is 1. The van der Waals surface area contributed by atoms with E-state index >= 15 is 0 Å². The smallest absolute Gasteiger partial charge is 0.258 e. The highest BCUT2D eigenvalue weighted by Gasteiger charge is 2.19. The van der Waals surface area contributed by atoms with E-state index in [1.165, 1.54) is 16.8 Å². The molecule has 0 aliphatic carbocycles. The van der Waals surface area contributed by atoms with Crippen LogP contribution in [0.1, 0.15) is 0 Å². The molecule has 0 N–H and O–H groups in total. The number of para-hydroxylation sites is 1. The number of fused-ring (bicyclic) bond motifs is 1. The lowest BCUT2D eigenvalue weighted by molar-refractivity contribution is -0.384. The molecule has 0 aliphatic heterocycles. The van der Waals surface area contributed by atoms with Crippen LogP contribution < -0.4 is 0 Å². The lowest BCUT2D eigenvalue weighted by atomic mass is 10.2. The fraction of sp³-hybridized carbons (Fsp3) is 0. The first-order chi connectivity index (χ1) is 9.16. The van der Waals surface area contributed by atoms with Gasteiger partial charge < -0.3 is 0 Å². The molecule has 0 aliphatic rings. The Bertz CT molecular complexity index is 784. The molecule has 0 amide bonds. The largest absolute Gasteiger partial charge is 0.313 e. The molecule has 6 nitrogen and oxygen atoms in total. The van der Waals surface area contributed by atoms with Crippen LogP contribution in [0.15, 0.2) is 42.6 Å². The maximum absolute atomic E-state index is 11.0. The molecule has 0 saturated carbocycles. The second kappa shape index (κ2) is 4.33. The molecule has 0 saturated heterocycles. The van der Waals surface area contributed by atoms with Gasteiger partial charge in [0, 0.05) is 11.5 Å². The molecule has 3 aromatic rings. The van der Waals surface area contributed by atoms with Gasteiger partial charge >= 0.3 is 5.69 Å². The topological polar surface area (TPSA) is 73.8 Å². The van der Waals surface area contributed by atoms with E-state index in [0.717, 1.165) is 10.9 Å². The summed E-state index contributed by atoms with van der Waals surface area (Å²) in [5.41, 5.74) is 0.596. The average Bonchev–Trinajstić information content (AvgIpc) is 2.82. The van der Waals surface area contributed by atoms with Gasteiger partial charge in [0.25, 0.3) is 0 Å². The molecular weight excluding hydrogens is 268 g/mol. The zero-order valence-electron chi connectivity index (χ0n) is 9.52. The Morgan fingerprint density at radius 3 is 2.79 bits per heavy atom. The van der Waals surface area contributed by atoms with Crippen molar-refractivity contribution in [2.75, 3.05) is 0 Å². The summed E-state index contributed by atoms with van der Waals surface area (Å²) in [5, 5.41) is 16.2. The SMILES string of the molecule is O=[N+]([O-])c1ccc(Cl)nc1-n1ncc2ccccc21. The summed E-state index contributed by atoms with van der Waals surface area (Å²) in [7, 11) is 0. The van der Waals surface area contributed by atoms with E-state index in [1.807, 2.05) is 24.3 Å². The summed E-state index contributed by atoms with van der Waals surface area (Å²) in [6.07, 6.45) is 1.63. The van der Waals surface area contributed by atoms with Crippen LogP contribution >= 0.6 is 11.6 Å². The molecule has 0 unspecified atom stereocenters. The molecular formula is C12H7ClN4O2. The number of benzene rings is 1. The number of hydrogen-bond acceptors (Lipinski definition) is 4. The average molecular weight is 275 g/mol. The number of hydrogen-bond donors (Lipinski definition) is 0. The summed E-state index contributed by atoms with van der Waals surface area (Å²) in [5.74, 6) is 0.110. The van der Waals surface area contributed by atoms with Crippen molar-refractivity contribution in [1.29, 1.82) is 0 Å². The third-order valence-corrected chi connectivity index (χ3v) is 2.91.